The van der Waals surface area contributed by atoms with Gasteiger partial charge in [0.1, 0.15) is 6.61 Å². The lowest BCUT2D eigenvalue weighted by Crippen LogP contribution is -2.38. The average molecular weight is 507 g/mol. The van der Waals surface area contributed by atoms with Crippen LogP contribution in [0.5, 0.6) is 0 Å². The molecule has 0 heterocycles. The van der Waals surface area contributed by atoms with E-state index in [1.807, 2.05) is 78.9 Å². The molecule has 36 heavy (non-hydrogen) atoms. The first-order valence-electron chi connectivity index (χ1n) is 12.3. The van der Waals surface area contributed by atoms with Gasteiger partial charge < -0.3 is 10.1 Å². The smallest absolute Gasteiger partial charge is 0.461 e. The second-order valence-electron chi connectivity index (χ2n) is 8.47. The summed E-state index contributed by atoms with van der Waals surface area (Å²) in [5.41, 5.74) is 3.06. The zero-order valence-electron chi connectivity index (χ0n) is 20.4. The Hall–Kier alpha value is -3.34. The highest BCUT2D eigenvalue weighted by molar-refractivity contribution is 7.39. The molecule has 0 aliphatic rings. The monoisotopic (exact) mass is 506 g/mol. The lowest BCUT2D eigenvalue weighted by molar-refractivity contribution is -0.144. The number of unbranched alkanes of at least 4 members (excludes halogenated alkanes) is 1. The van der Waals surface area contributed by atoms with Crippen LogP contribution in [0.3, 0.4) is 0 Å². The minimum Gasteiger partial charge on any atom is -0.461 e. The molecule has 3 aromatic rings. The molecule has 0 aromatic heterocycles. The maximum atomic E-state index is 12.8. The van der Waals surface area contributed by atoms with Gasteiger partial charge in [0.2, 0.25) is 0 Å². The van der Waals surface area contributed by atoms with Gasteiger partial charge >= 0.3 is 14.0 Å². The molecule has 0 radical (unpaired) electrons. The molecule has 0 spiro atoms. The number of benzene rings is 3. The van der Waals surface area contributed by atoms with E-state index in [0.717, 1.165) is 30.4 Å². The van der Waals surface area contributed by atoms with E-state index < -0.39 is 20.1 Å². The molecule has 6 nitrogen and oxygen atoms in total. The molecule has 3 aromatic carbocycles. The van der Waals surface area contributed by atoms with E-state index in [1.165, 1.54) is 5.56 Å². The third kappa shape index (κ3) is 10.5. The summed E-state index contributed by atoms with van der Waals surface area (Å²) in [7, 11) is -1.99. The van der Waals surface area contributed by atoms with E-state index in [4.69, 9.17) is 9.26 Å². The van der Waals surface area contributed by atoms with Crippen molar-refractivity contribution in [3.05, 3.63) is 108 Å². The molecular formula is C29H33NO5P+. The summed E-state index contributed by atoms with van der Waals surface area (Å²) < 4.78 is 23.6. The standard InChI is InChI=1S/C29H32NO5P/c31-28(34-23-26-17-8-3-9-18-26)19-20-30-29(32)27(22-25-15-6-2-7-16-25)35-36(33)21-11-10-14-24-12-4-1-5-13-24/h1-9,12-13,15-18,27H,10-11,14,19-23H2/p+1. The third-order valence-electron chi connectivity index (χ3n) is 5.57. The normalized spacial score (nSPS) is 11.9. The second-order valence-corrected chi connectivity index (χ2v) is 9.79. The minimum atomic E-state index is -1.99. The first kappa shape index (κ1) is 27.3. The lowest BCUT2D eigenvalue weighted by Gasteiger charge is -2.12. The molecule has 3 rings (SSSR count). The molecule has 0 aliphatic carbocycles. The first-order chi connectivity index (χ1) is 17.6. The average Bonchev–Trinajstić information content (AvgIpc) is 2.91. The van der Waals surface area contributed by atoms with Crippen LogP contribution in [0.2, 0.25) is 0 Å². The topological polar surface area (TPSA) is 81.7 Å². The van der Waals surface area contributed by atoms with E-state index in [9.17, 15) is 14.2 Å². The molecular weight excluding hydrogens is 473 g/mol. The van der Waals surface area contributed by atoms with Gasteiger partial charge in [-0.3, -0.25) is 9.59 Å². The van der Waals surface area contributed by atoms with Gasteiger partial charge in [-0.15, -0.1) is 4.52 Å². The van der Waals surface area contributed by atoms with Gasteiger partial charge in [0.25, 0.3) is 5.91 Å². The Kier molecular flexibility index (Phi) is 11.8. The number of amides is 1. The summed E-state index contributed by atoms with van der Waals surface area (Å²) in [5.74, 6) is -0.786. The summed E-state index contributed by atoms with van der Waals surface area (Å²) in [6.07, 6.45) is 2.40. The van der Waals surface area contributed by atoms with Crippen molar-refractivity contribution in [2.24, 2.45) is 0 Å². The van der Waals surface area contributed by atoms with E-state index in [-0.39, 0.29) is 25.5 Å². The van der Waals surface area contributed by atoms with Gasteiger partial charge in [-0.05, 0) is 40.5 Å². The Bertz CT molecular complexity index is 1080. The van der Waals surface area contributed by atoms with Crippen molar-refractivity contribution in [1.29, 1.82) is 0 Å². The van der Waals surface area contributed by atoms with Crippen molar-refractivity contribution in [3.8, 4) is 0 Å². The van der Waals surface area contributed by atoms with Crippen molar-refractivity contribution >= 4 is 19.9 Å². The summed E-state index contributed by atoms with van der Waals surface area (Å²) >= 11 is 0. The zero-order valence-corrected chi connectivity index (χ0v) is 21.3. The van der Waals surface area contributed by atoms with Crippen LogP contribution in [0.4, 0.5) is 0 Å². The van der Waals surface area contributed by atoms with Gasteiger partial charge in [-0.25, -0.2) is 0 Å². The number of ether oxygens (including phenoxy) is 1. The number of carbonyl (C=O) groups excluding carboxylic acids is 2. The third-order valence-corrected chi connectivity index (χ3v) is 6.74. The van der Waals surface area contributed by atoms with Crippen molar-refractivity contribution < 1.29 is 23.4 Å². The fourth-order valence-corrected chi connectivity index (χ4v) is 4.67. The van der Waals surface area contributed by atoms with Crippen LogP contribution in [0.15, 0.2) is 91.0 Å². The predicted octanol–water partition coefficient (Wildman–Crippen LogP) is 5.63. The zero-order chi connectivity index (χ0) is 25.4. The van der Waals surface area contributed by atoms with Crippen LogP contribution in [0.25, 0.3) is 0 Å². The first-order valence-corrected chi connectivity index (χ1v) is 13.6. The van der Waals surface area contributed by atoms with Crippen LogP contribution >= 0.6 is 8.03 Å². The van der Waals surface area contributed by atoms with E-state index in [2.05, 4.69) is 17.4 Å². The Balaban J connectivity index is 1.43. The fraction of sp³-hybridized carbons (Fsp3) is 0.310. The number of hydrogen-bond donors (Lipinski definition) is 1. The maximum Gasteiger partial charge on any atom is 0.508 e. The van der Waals surface area contributed by atoms with E-state index in [0.29, 0.717) is 12.6 Å². The van der Waals surface area contributed by atoms with Gasteiger partial charge in [0.15, 0.2) is 12.3 Å². The quantitative estimate of drug-likeness (QED) is 0.164. The maximum absolute atomic E-state index is 12.8. The number of aryl methyl sites for hydroxylation is 1. The van der Waals surface area contributed by atoms with Crippen LogP contribution in [-0.2, 0) is 42.9 Å². The lowest BCUT2D eigenvalue weighted by atomic mass is 10.1. The molecule has 7 heteroatoms. The van der Waals surface area contributed by atoms with Crippen LogP contribution in [0, 0.1) is 0 Å². The molecule has 0 fully saturated rings. The van der Waals surface area contributed by atoms with Crippen LogP contribution in [-0.4, -0.2) is 30.7 Å². The highest BCUT2D eigenvalue weighted by atomic mass is 31.1. The summed E-state index contributed by atoms with van der Waals surface area (Å²) in [5, 5.41) is 2.73. The largest absolute Gasteiger partial charge is 0.508 e. The molecule has 0 aliphatic heterocycles. The summed E-state index contributed by atoms with van der Waals surface area (Å²) in [6.45, 7) is 0.313. The van der Waals surface area contributed by atoms with Crippen molar-refractivity contribution in [3.63, 3.8) is 0 Å². The summed E-state index contributed by atoms with van der Waals surface area (Å²) in [4.78, 5) is 24.9. The van der Waals surface area contributed by atoms with Crippen molar-refractivity contribution in [1.82, 2.24) is 5.32 Å². The molecule has 0 bridgehead atoms. The highest BCUT2D eigenvalue weighted by Crippen LogP contribution is 2.28. The molecule has 2 unspecified atom stereocenters. The van der Waals surface area contributed by atoms with Crippen molar-refractivity contribution in [2.75, 3.05) is 12.7 Å². The van der Waals surface area contributed by atoms with Gasteiger partial charge in [0, 0.05) is 13.0 Å². The second kappa shape index (κ2) is 15.6. The Morgan fingerprint density at radius 3 is 2.00 bits per heavy atom. The molecule has 188 valence electrons. The van der Waals surface area contributed by atoms with Gasteiger partial charge in [-0.1, -0.05) is 91.0 Å². The Labute approximate surface area is 213 Å². The SMILES string of the molecule is O=C(CCNC(=O)C(Cc1ccccc1)O[P+](=O)CCCCc1ccccc1)OCc1ccccc1. The molecule has 2 atom stereocenters. The van der Waals surface area contributed by atoms with Crippen molar-refractivity contribution in [2.45, 2.75) is 44.8 Å². The van der Waals surface area contributed by atoms with Gasteiger partial charge in [-0.2, -0.15) is 0 Å². The molecule has 1 amide bonds. The van der Waals surface area contributed by atoms with Crippen LogP contribution < -0.4 is 5.32 Å². The Morgan fingerprint density at radius 1 is 0.778 bits per heavy atom. The number of esters is 1. The van der Waals surface area contributed by atoms with E-state index in [1.54, 1.807) is 0 Å². The minimum absolute atomic E-state index is 0.0439. The summed E-state index contributed by atoms with van der Waals surface area (Å²) in [6, 6.07) is 29.0. The van der Waals surface area contributed by atoms with Gasteiger partial charge in [0.05, 0.1) is 6.42 Å². The molecule has 0 saturated carbocycles. The molecule has 0 saturated heterocycles. The fourth-order valence-electron chi connectivity index (χ4n) is 3.63. The number of nitrogens with one attached hydrogen (secondary N) is 1. The Morgan fingerprint density at radius 2 is 1.36 bits per heavy atom. The highest BCUT2D eigenvalue weighted by Gasteiger charge is 2.30. The van der Waals surface area contributed by atoms with E-state index >= 15 is 0 Å². The predicted molar refractivity (Wildman–Crippen MR) is 141 cm³/mol. The number of hydrogen-bond acceptors (Lipinski definition) is 5. The van der Waals surface area contributed by atoms with Crippen LogP contribution in [0.1, 0.15) is 36.0 Å². The number of rotatable bonds is 15. The number of carbonyl (C=O) groups is 2. The molecule has 1 N–H and O–H groups in total.